The van der Waals surface area contributed by atoms with Gasteiger partial charge < -0.3 is 15.2 Å². The van der Waals surface area contributed by atoms with Crippen LogP contribution < -0.4 is 15.6 Å². The Morgan fingerprint density at radius 2 is 1.71 bits per heavy atom. The lowest BCUT2D eigenvalue weighted by Gasteiger charge is -2.17. The molecule has 7 nitrogen and oxygen atoms in total. The fourth-order valence-corrected chi connectivity index (χ4v) is 4.41. The van der Waals surface area contributed by atoms with Gasteiger partial charge >= 0.3 is 5.97 Å². The Hall–Kier alpha value is -4.46. The van der Waals surface area contributed by atoms with E-state index in [4.69, 9.17) is 9.84 Å². The summed E-state index contributed by atoms with van der Waals surface area (Å²) in [5.41, 5.74) is 2.32. The molecular weight excluding hydrogens is 487 g/mol. The maximum atomic E-state index is 13.6. The van der Waals surface area contributed by atoms with E-state index in [1.807, 2.05) is 13.0 Å². The molecule has 0 unspecified atom stereocenters. The number of carbonyl (C=O) groups is 2. The molecule has 2 N–H and O–H groups in total. The Kier molecular flexibility index (Phi) is 8.21. The number of methoxy groups -OCH3 is 1. The van der Waals surface area contributed by atoms with Crippen LogP contribution in [0.2, 0.25) is 0 Å². The summed E-state index contributed by atoms with van der Waals surface area (Å²) in [4.78, 5) is 37.6. The summed E-state index contributed by atoms with van der Waals surface area (Å²) in [6, 6.07) is 19.6. The van der Waals surface area contributed by atoms with Gasteiger partial charge in [0.1, 0.15) is 11.6 Å². The molecule has 0 aliphatic heterocycles. The lowest BCUT2D eigenvalue weighted by Crippen LogP contribution is -2.27. The van der Waals surface area contributed by atoms with Crippen molar-refractivity contribution in [3.8, 4) is 11.4 Å². The summed E-state index contributed by atoms with van der Waals surface area (Å²) >= 11 is 0. The van der Waals surface area contributed by atoms with Crippen LogP contribution in [-0.2, 0) is 11.2 Å². The van der Waals surface area contributed by atoms with Crippen molar-refractivity contribution in [1.29, 1.82) is 0 Å². The number of hydrogen-bond acceptors (Lipinski definition) is 4. The molecule has 4 aromatic rings. The number of aromatic nitrogens is 1. The van der Waals surface area contributed by atoms with Crippen LogP contribution in [0.3, 0.4) is 0 Å². The van der Waals surface area contributed by atoms with Crippen molar-refractivity contribution in [1.82, 2.24) is 9.88 Å². The molecule has 196 valence electrons. The molecule has 38 heavy (non-hydrogen) atoms. The van der Waals surface area contributed by atoms with Crippen LogP contribution in [0.5, 0.6) is 5.75 Å². The van der Waals surface area contributed by atoms with Crippen LogP contribution in [0.15, 0.2) is 77.6 Å². The molecule has 8 heteroatoms. The number of rotatable bonds is 10. The molecule has 0 saturated heterocycles. The molecule has 1 aromatic heterocycles. The van der Waals surface area contributed by atoms with E-state index >= 15 is 0 Å². The van der Waals surface area contributed by atoms with Crippen molar-refractivity contribution in [2.75, 3.05) is 7.11 Å². The molecule has 0 spiro atoms. The first-order valence-electron chi connectivity index (χ1n) is 12.4. The van der Waals surface area contributed by atoms with Crippen LogP contribution in [0.25, 0.3) is 16.5 Å². The minimum Gasteiger partial charge on any atom is -0.497 e. The summed E-state index contributed by atoms with van der Waals surface area (Å²) in [6.45, 7) is 1.81. The van der Waals surface area contributed by atoms with Gasteiger partial charge in [-0.05, 0) is 97.8 Å². The van der Waals surface area contributed by atoms with E-state index < -0.39 is 5.97 Å². The highest BCUT2D eigenvalue weighted by Gasteiger charge is 2.16. The zero-order valence-electron chi connectivity index (χ0n) is 21.2. The summed E-state index contributed by atoms with van der Waals surface area (Å²) in [5, 5.41) is 13.0. The van der Waals surface area contributed by atoms with E-state index in [-0.39, 0.29) is 29.7 Å². The Labute approximate surface area is 219 Å². The number of carboxylic acids is 1. The van der Waals surface area contributed by atoms with Gasteiger partial charge in [-0.1, -0.05) is 12.1 Å². The Balaban J connectivity index is 1.68. The normalized spacial score (nSPS) is 11.8. The third-order valence-electron chi connectivity index (χ3n) is 6.48. The molecule has 0 aliphatic rings. The molecule has 1 atom stereocenters. The molecule has 3 aromatic carbocycles. The zero-order chi connectivity index (χ0) is 27.2. The first kappa shape index (κ1) is 26.6. The van der Waals surface area contributed by atoms with E-state index in [0.29, 0.717) is 47.0 Å². The monoisotopic (exact) mass is 516 g/mol. The lowest BCUT2D eigenvalue weighted by atomic mass is 10.0. The summed E-state index contributed by atoms with van der Waals surface area (Å²) in [6.07, 6.45) is 1.61. The maximum Gasteiger partial charge on any atom is 0.303 e. The molecule has 4 rings (SSSR count). The number of fused-ring (bicyclic) bond motifs is 1. The fraction of sp³-hybridized carbons (Fsp3) is 0.233. The van der Waals surface area contributed by atoms with Gasteiger partial charge in [-0.25, -0.2) is 4.39 Å². The van der Waals surface area contributed by atoms with Gasteiger partial charge in [0.2, 0.25) is 0 Å². The van der Waals surface area contributed by atoms with E-state index in [1.165, 1.54) is 12.1 Å². The number of amides is 1. The van der Waals surface area contributed by atoms with Crippen molar-refractivity contribution in [3.63, 3.8) is 0 Å². The number of pyridine rings is 1. The van der Waals surface area contributed by atoms with E-state index in [2.05, 4.69) is 5.32 Å². The van der Waals surface area contributed by atoms with Crippen molar-refractivity contribution < 1.29 is 23.8 Å². The fourth-order valence-electron chi connectivity index (χ4n) is 4.41. The number of ether oxygens (including phenoxy) is 1. The second-order valence-electron chi connectivity index (χ2n) is 9.12. The number of benzene rings is 3. The minimum atomic E-state index is -0.860. The number of nitrogens with zero attached hydrogens (tertiary/aromatic N) is 1. The topological polar surface area (TPSA) is 97.6 Å². The summed E-state index contributed by atoms with van der Waals surface area (Å²) < 4.78 is 20.1. The van der Waals surface area contributed by atoms with Gasteiger partial charge in [0.25, 0.3) is 11.5 Å². The Bertz CT molecular complexity index is 1510. The quantitative estimate of drug-likeness (QED) is 0.274. The minimum absolute atomic E-state index is 0.0525. The second-order valence-corrected chi connectivity index (χ2v) is 9.12. The van der Waals surface area contributed by atoms with Gasteiger partial charge in [-0.2, -0.15) is 0 Å². The summed E-state index contributed by atoms with van der Waals surface area (Å²) in [7, 11) is 1.57. The van der Waals surface area contributed by atoms with E-state index in [1.54, 1.807) is 66.3 Å². The number of unbranched alkanes of at least 4 members (excludes halogenated alkanes) is 1. The van der Waals surface area contributed by atoms with Crippen LogP contribution in [0.4, 0.5) is 4.39 Å². The van der Waals surface area contributed by atoms with E-state index in [0.717, 1.165) is 11.3 Å². The Morgan fingerprint density at radius 1 is 1.00 bits per heavy atom. The average Bonchev–Trinajstić information content (AvgIpc) is 2.91. The predicted molar refractivity (Wildman–Crippen MR) is 144 cm³/mol. The van der Waals surface area contributed by atoms with Crippen LogP contribution in [0.1, 0.15) is 53.8 Å². The third kappa shape index (κ3) is 6.08. The largest absolute Gasteiger partial charge is 0.497 e. The zero-order valence-corrected chi connectivity index (χ0v) is 21.2. The molecule has 0 aliphatic carbocycles. The number of aryl methyl sites for hydroxylation is 1. The number of nitrogens with one attached hydrogen (secondary N) is 1. The molecule has 0 radical (unpaired) electrons. The molecule has 0 bridgehead atoms. The number of carbonyl (C=O) groups excluding carboxylic acids is 1. The van der Waals surface area contributed by atoms with Gasteiger partial charge in [-0.3, -0.25) is 19.0 Å². The molecule has 1 amide bonds. The SMILES string of the molecule is COc1ccc(-n2c(CCCCC(=O)O)cc3cc(C(=O)N[C@H](C)c4ccc(F)cc4)ccc3c2=O)cc1. The van der Waals surface area contributed by atoms with Crippen molar-refractivity contribution in [2.24, 2.45) is 0 Å². The number of hydrogen-bond donors (Lipinski definition) is 2. The first-order valence-corrected chi connectivity index (χ1v) is 12.4. The van der Waals surface area contributed by atoms with Gasteiger partial charge in [0, 0.05) is 28.8 Å². The van der Waals surface area contributed by atoms with Crippen LogP contribution >= 0.6 is 0 Å². The summed E-state index contributed by atoms with van der Waals surface area (Å²) in [5.74, 6) is -0.857. The maximum absolute atomic E-state index is 13.6. The highest BCUT2D eigenvalue weighted by molar-refractivity contribution is 5.98. The van der Waals surface area contributed by atoms with Gasteiger partial charge in [-0.15, -0.1) is 0 Å². The van der Waals surface area contributed by atoms with Gasteiger partial charge in [0.05, 0.1) is 13.2 Å². The van der Waals surface area contributed by atoms with Gasteiger partial charge in [0.15, 0.2) is 0 Å². The lowest BCUT2D eigenvalue weighted by molar-refractivity contribution is -0.137. The smallest absolute Gasteiger partial charge is 0.303 e. The molecule has 1 heterocycles. The Morgan fingerprint density at radius 3 is 2.37 bits per heavy atom. The number of carboxylic acid groups (broad SMARTS) is 1. The predicted octanol–water partition coefficient (Wildman–Crippen LogP) is 5.43. The molecule has 0 fully saturated rings. The highest BCUT2D eigenvalue weighted by Crippen LogP contribution is 2.22. The standard InChI is InChI=1S/C30H29FN2O5/c1-19(20-7-10-23(31)11-8-20)32-29(36)21-9-16-27-22(17-21)18-25(5-3-4-6-28(34)35)33(30(27)37)24-12-14-26(38-2)15-13-24/h7-19H,3-6H2,1-2H3,(H,32,36)(H,34,35)/t19-/m1/s1. The van der Waals surface area contributed by atoms with Crippen molar-refractivity contribution in [3.05, 3.63) is 106 Å². The van der Waals surface area contributed by atoms with Crippen molar-refractivity contribution in [2.45, 2.75) is 38.6 Å². The van der Waals surface area contributed by atoms with Crippen LogP contribution in [-0.4, -0.2) is 28.7 Å². The van der Waals surface area contributed by atoms with Crippen LogP contribution in [0, 0.1) is 5.82 Å². The third-order valence-corrected chi connectivity index (χ3v) is 6.48. The number of aliphatic carboxylic acids is 1. The van der Waals surface area contributed by atoms with E-state index in [9.17, 15) is 18.8 Å². The highest BCUT2D eigenvalue weighted by atomic mass is 19.1. The van der Waals surface area contributed by atoms with Crippen molar-refractivity contribution >= 4 is 22.6 Å². The average molecular weight is 517 g/mol. The molecular formula is C30H29FN2O5. The second kappa shape index (κ2) is 11.7. The number of halogens is 1. The molecule has 0 saturated carbocycles. The first-order chi connectivity index (χ1) is 18.3.